The Morgan fingerprint density at radius 3 is 2.76 bits per heavy atom. The number of piperidine rings is 1. The Kier molecular flexibility index (Phi) is 4.00. The Morgan fingerprint density at radius 1 is 1.29 bits per heavy atom. The third-order valence-electron chi connectivity index (χ3n) is 4.69. The van der Waals surface area contributed by atoms with Crippen LogP contribution in [-0.2, 0) is 6.42 Å². The first kappa shape index (κ1) is 14.2. The van der Waals surface area contributed by atoms with E-state index in [4.69, 9.17) is 5.10 Å². The highest BCUT2D eigenvalue weighted by atomic mass is 15.5. The molecule has 21 heavy (non-hydrogen) atoms. The van der Waals surface area contributed by atoms with Crippen LogP contribution in [0.4, 0.5) is 0 Å². The molecule has 1 N–H and O–H groups in total. The fourth-order valence-corrected chi connectivity index (χ4v) is 3.40. The van der Waals surface area contributed by atoms with Gasteiger partial charge in [0.2, 0.25) is 0 Å². The molecule has 2 heterocycles. The zero-order chi connectivity index (χ0) is 14.8. The van der Waals surface area contributed by atoms with Crippen molar-refractivity contribution in [2.45, 2.75) is 58.5 Å². The van der Waals surface area contributed by atoms with Gasteiger partial charge in [-0.1, -0.05) is 25.1 Å². The summed E-state index contributed by atoms with van der Waals surface area (Å²) in [7, 11) is 0. The second-order valence-electron chi connectivity index (χ2n) is 6.19. The Bertz CT molecular complexity index is 631. The first-order valence-corrected chi connectivity index (χ1v) is 8.12. The Labute approximate surface area is 127 Å². The highest BCUT2D eigenvalue weighted by molar-refractivity contribution is 6.00. The number of hydrogen-bond acceptors (Lipinski definition) is 2. The molecule has 0 aliphatic carbocycles. The van der Waals surface area contributed by atoms with E-state index in [1.54, 1.807) is 0 Å². The normalized spacial score (nSPS) is 23.3. The molecule has 0 radical (unpaired) electrons. The lowest BCUT2D eigenvalue weighted by molar-refractivity contribution is 0.109. The zero-order valence-corrected chi connectivity index (χ0v) is 13.3. The SMILES string of the molecule is CCc1cccc2c(/C=N/N3[C@@H](C)CCC[C@@H]3C)c[nH]c12. The van der Waals surface area contributed by atoms with Crippen LogP contribution < -0.4 is 0 Å². The van der Waals surface area contributed by atoms with Crippen LogP contribution in [0.1, 0.15) is 51.2 Å². The van der Waals surface area contributed by atoms with Crippen LogP contribution in [0.15, 0.2) is 29.5 Å². The minimum atomic E-state index is 0.543. The van der Waals surface area contributed by atoms with Gasteiger partial charge in [-0.3, -0.25) is 5.01 Å². The van der Waals surface area contributed by atoms with Gasteiger partial charge < -0.3 is 4.98 Å². The van der Waals surface area contributed by atoms with Gasteiger partial charge in [0, 0.05) is 34.7 Å². The second kappa shape index (κ2) is 5.92. The minimum Gasteiger partial charge on any atom is -0.360 e. The molecule has 3 nitrogen and oxygen atoms in total. The van der Waals surface area contributed by atoms with Crippen LogP contribution in [-0.4, -0.2) is 28.3 Å². The van der Waals surface area contributed by atoms with E-state index in [1.807, 2.05) is 6.21 Å². The van der Waals surface area contributed by atoms with Crippen molar-refractivity contribution in [2.24, 2.45) is 5.10 Å². The number of nitrogens with one attached hydrogen (secondary N) is 1. The number of aromatic amines is 1. The quantitative estimate of drug-likeness (QED) is 0.835. The number of fused-ring (bicyclic) bond motifs is 1. The molecule has 0 saturated carbocycles. The van der Waals surface area contributed by atoms with E-state index in [1.165, 1.54) is 41.3 Å². The van der Waals surface area contributed by atoms with Gasteiger partial charge in [0.25, 0.3) is 0 Å². The highest BCUT2D eigenvalue weighted by Gasteiger charge is 2.22. The van der Waals surface area contributed by atoms with Crippen molar-refractivity contribution in [1.29, 1.82) is 0 Å². The first-order chi connectivity index (χ1) is 10.2. The molecule has 0 amide bonds. The molecule has 112 valence electrons. The van der Waals surface area contributed by atoms with Gasteiger partial charge in [-0.25, -0.2) is 0 Å². The van der Waals surface area contributed by atoms with Crippen molar-refractivity contribution in [1.82, 2.24) is 9.99 Å². The largest absolute Gasteiger partial charge is 0.360 e. The number of hydrazone groups is 1. The number of benzene rings is 1. The Hall–Kier alpha value is -1.77. The maximum absolute atomic E-state index is 4.78. The Morgan fingerprint density at radius 2 is 2.05 bits per heavy atom. The van der Waals surface area contributed by atoms with Gasteiger partial charge in [-0.2, -0.15) is 5.10 Å². The molecular weight excluding hydrogens is 258 g/mol. The summed E-state index contributed by atoms with van der Waals surface area (Å²) in [6.45, 7) is 6.75. The van der Waals surface area contributed by atoms with Gasteiger partial charge in [0.15, 0.2) is 0 Å². The van der Waals surface area contributed by atoms with Crippen LogP contribution in [0, 0.1) is 0 Å². The molecule has 0 unspecified atom stereocenters. The van der Waals surface area contributed by atoms with Gasteiger partial charge in [-0.15, -0.1) is 0 Å². The van der Waals surface area contributed by atoms with E-state index in [-0.39, 0.29) is 0 Å². The lowest BCUT2D eigenvalue weighted by Crippen LogP contribution is -2.39. The van der Waals surface area contributed by atoms with E-state index in [2.05, 4.69) is 55.2 Å². The molecule has 1 fully saturated rings. The summed E-state index contributed by atoms with van der Waals surface area (Å²) in [4.78, 5) is 3.41. The van der Waals surface area contributed by atoms with Gasteiger partial charge in [0.1, 0.15) is 0 Å². The average Bonchev–Trinajstić information content (AvgIpc) is 2.90. The molecule has 1 aliphatic heterocycles. The van der Waals surface area contributed by atoms with Gasteiger partial charge in [0.05, 0.1) is 6.21 Å². The summed E-state index contributed by atoms with van der Waals surface area (Å²) in [6.07, 6.45) is 8.96. The zero-order valence-electron chi connectivity index (χ0n) is 13.3. The molecule has 1 saturated heterocycles. The highest BCUT2D eigenvalue weighted by Crippen LogP contribution is 2.24. The molecule has 2 atom stereocenters. The molecule has 0 spiro atoms. The second-order valence-corrected chi connectivity index (χ2v) is 6.19. The van der Waals surface area contributed by atoms with E-state index >= 15 is 0 Å². The van der Waals surface area contributed by atoms with E-state index < -0.39 is 0 Å². The Balaban J connectivity index is 1.89. The topological polar surface area (TPSA) is 31.4 Å². The molecular formula is C18H25N3. The summed E-state index contributed by atoms with van der Waals surface area (Å²) < 4.78 is 0. The van der Waals surface area contributed by atoms with Crippen molar-refractivity contribution in [3.8, 4) is 0 Å². The third kappa shape index (κ3) is 2.69. The van der Waals surface area contributed by atoms with Crippen molar-refractivity contribution < 1.29 is 0 Å². The van der Waals surface area contributed by atoms with Crippen LogP contribution in [0.3, 0.4) is 0 Å². The van der Waals surface area contributed by atoms with Crippen LogP contribution >= 0.6 is 0 Å². The van der Waals surface area contributed by atoms with E-state index in [0.717, 1.165) is 6.42 Å². The summed E-state index contributed by atoms with van der Waals surface area (Å²) in [5.74, 6) is 0. The maximum Gasteiger partial charge on any atom is 0.0564 e. The first-order valence-electron chi connectivity index (χ1n) is 8.12. The number of rotatable bonds is 3. The molecule has 2 aromatic rings. The molecule has 3 heteroatoms. The number of H-pyrrole nitrogens is 1. The fourth-order valence-electron chi connectivity index (χ4n) is 3.40. The van der Waals surface area contributed by atoms with E-state index in [0.29, 0.717) is 12.1 Å². The molecule has 1 aromatic carbocycles. The van der Waals surface area contributed by atoms with Crippen LogP contribution in [0.25, 0.3) is 10.9 Å². The third-order valence-corrected chi connectivity index (χ3v) is 4.69. The smallest absolute Gasteiger partial charge is 0.0564 e. The molecule has 0 bridgehead atoms. The predicted octanol–water partition coefficient (Wildman–Crippen LogP) is 4.33. The molecule has 1 aromatic heterocycles. The number of aryl methyl sites for hydroxylation is 1. The van der Waals surface area contributed by atoms with Gasteiger partial charge in [-0.05, 0) is 45.1 Å². The predicted molar refractivity (Wildman–Crippen MR) is 89.9 cm³/mol. The number of nitrogens with zero attached hydrogens (tertiary/aromatic N) is 2. The number of hydrogen-bond donors (Lipinski definition) is 1. The molecule has 3 rings (SSSR count). The van der Waals surface area contributed by atoms with Crippen molar-refractivity contribution >= 4 is 17.1 Å². The monoisotopic (exact) mass is 283 g/mol. The summed E-state index contributed by atoms with van der Waals surface area (Å²) >= 11 is 0. The summed E-state index contributed by atoms with van der Waals surface area (Å²) in [6, 6.07) is 7.59. The van der Waals surface area contributed by atoms with Crippen molar-refractivity contribution in [3.05, 3.63) is 35.5 Å². The lowest BCUT2D eigenvalue weighted by atomic mass is 10.00. The number of aromatic nitrogens is 1. The summed E-state index contributed by atoms with van der Waals surface area (Å²) in [5, 5.41) is 8.33. The van der Waals surface area contributed by atoms with Crippen molar-refractivity contribution in [2.75, 3.05) is 0 Å². The fraction of sp³-hybridized carbons (Fsp3) is 0.500. The molecule has 1 aliphatic rings. The minimum absolute atomic E-state index is 0.543. The van der Waals surface area contributed by atoms with Gasteiger partial charge >= 0.3 is 0 Å². The van der Waals surface area contributed by atoms with Crippen LogP contribution in [0.2, 0.25) is 0 Å². The standard InChI is InChI=1S/C18H25N3/c1-4-15-9-6-10-17-16(11-19-18(15)17)12-20-21-13(2)7-5-8-14(21)3/h6,9-14,19H,4-5,7-8H2,1-3H3/b20-12+/t13-,14-/m0/s1. The average molecular weight is 283 g/mol. The maximum atomic E-state index is 4.78. The van der Waals surface area contributed by atoms with Crippen LogP contribution in [0.5, 0.6) is 0 Å². The summed E-state index contributed by atoms with van der Waals surface area (Å²) in [5.41, 5.74) is 3.80. The number of para-hydroxylation sites is 1. The van der Waals surface area contributed by atoms with E-state index in [9.17, 15) is 0 Å². The van der Waals surface area contributed by atoms with Crippen molar-refractivity contribution in [3.63, 3.8) is 0 Å². The lowest BCUT2D eigenvalue weighted by Gasteiger charge is -2.36.